The fraction of sp³-hybridized carbons (Fsp3) is 0.500. The van der Waals surface area contributed by atoms with Gasteiger partial charge in [-0.1, -0.05) is 11.3 Å². The van der Waals surface area contributed by atoms with Gasteiger partial charge in [-0.25, -0.2) is 9.48 Å². The molecule has 0 N–H and O–H groups in total. The minimum absolute atomic E-state index is 0.290. The van der Waals surface area contributed by atoms with E-state index in [2.05, 4.69) is 10.3 Å². The molecule has 0 radical (unpaired) electrons. The van der Waals surface area contributed by atoms with E-state index in [-0.39, 0.29) is 0 Å². The fourth-order valence-corrected chi connectivity index (χ4v) is 3.18. The highest BCUT2D eigenvalue weighted by atomic mass is 32.1. The first-order valence-electron chi connectivity index (χ1n) is 7.01. The third-order valence-electron chi connectivity index (χ3n) is 3.41. The zero-order chi connectivity index (χ0) is 14.7. The predicted molar refractivity (Wildman–Crippen MR) is 78.2 cm³/mol. The van der Waals surface area contributed by atoms with Crippen LogP contribution in [0.3, 0.4) is 0 Å². The van der Waals surface area contributed by atoms with Gasteiger partial charge in [-0.2, -0.15) is 0 Å². The Hall–Kier alpha value is -1.73. The largest absolute Gasteiger partial charge is 0.461 e. The number of ether oxygens (including phenoxy) is 2. The van der Waals surface area contributed by atoms with E-state index >= 15 is 0 Å². The SMILES string of the molecule is CCOC(=O)c1nnn(CC2CCOC2)c1-c1cccs1. The zero-order valence-electron chi connectivity index (χ0n) is 11.8. The van der Waals surface area contributed by atoms with Crippen LogP contribution in [0.15, 0.2) is 17.5 Å². The molecule has 0 aromatic carbocycles. The van der Waals surface area contributed by atoms with Crippen LogP contribution < -0.4 is 0 Å². The number of thiophene rings is 1. The van der Waals surface area contributed by atoms with Gasteiger partial charge in [0.25, 0.3) is 0 Å². The molecule has 1 fully saturated rings. The number of nitrogens with zero attached hydrogens (tertiary/aromatic N) is 3. The molecule has 1 aliphatic rings. The summed E-state index contributed by atoms with van der Waals surface area (Å²) in [6.45, 7) is 4.34. The average Bonchev–Trinajstić information content (AvgIpc) is 3.20. The molecule has 7 heteroatoms. The molecule has 0 bridgehead atoms. The Kier molecular flexibility index (Phi) is 4.31. The summed E-state index contributed by atoms with van der Waals surface area (Å²) in [4.78, 5) is 13.0. The van der Waals surface area contributed by atoms with Gasteiger partial charge in [-0.15, -0.1) is 16.4 Å². The molecule has 0 spiro atoms. The van der Waals surface area contributed by atoms with E-state index < -0.39 is 5.97 Å². The highest BCUT2D eigenvalue weighted by Gasteiger charge is 2.25. The Morgan fingerprint density at radius 3 is 3.19 bits per heavy atom. The lowest BCUT2D eigenvalue weighted by molar-refractivity contribution is 0.0520. The minimum Gasteiger partial charge on any atom is -0.461 e. The normalized spacial score (nSPS) is 18.0. The van der Waals surface area contributed by atoms with Crippen LogP contribution in [0.25, 0.3) is 10.6 Å². The summed E-state index contributed by atoms with van der Waals surface area (Å²) in [7, 11) is 0. The van der Waals surface area contributed by atoms with Crippen LogP contribution in [0.1, 0.15) is 23.8 Å². The zero-order valence-corrected chi connectivity index (χ0v) is 12.6. The summed E-state index contributed by atoms with van der Waals surface area (Å²) in [6, 6.07) is 3.92. The molecule has 1 atom stereocenters. The van der Waals surface area contributed by atoms with Crippen molar-refractivity contribution in [1.29, 1.82) is 0 Å². The molecule has 0 saturated carbocycles. The summed E-state index contributed by atoms with van der Waals surface area (Å²) in [5.41, 5.74) is 1.04. The van der Waals surface area contributed by atoms with E-state index in [0.717, 1.165) is 30.2 Å². The second-order valence-corrected chi connectivity index (χ2v) is 5.84. The molecule has 1 unspecified atom stereocenters. The van der Waals surface area contributed by atoms with Gasteiger partial charge in [0.15, 0.2) is 5.69 Å². The van der Waals surface area contributed by atoms with E-state index in [1.165, 1.54) is 0 Å². The molecule has 1 aliphatic heterocycles. The Morgan fingerprint density at radius 1 is 1.62 bits per heavy atom. The lowest BCUT2D eigenvalue weighted by Gasteiger charge is -2.10. The maximum Gasteiger partial charge on any atom is 0.361 e. The summed E-state index contributed by atoms with van der Waals surface area (Å²) >= 11 is 1.56. The van der Waals surface area contributed by atoms with Crippen molar-refractivity contribution in [3.63, 3.8) is 0 Å². The highest BCUT2D eigenvalue weighted by molar-refractivity contribution is 7.13. The molecular formula is C14H17N3O3S. The van der Waals surface area contributed by atoms with Crippen LogP contribution in [0.5, 0.6) is 0 Å². The summed E-state index contributed by atoms with van der Waals surface area (Å²) in [5, 5.41) is 10.2. The molecule has 112 valence electrons. The minimum atomic E-state index is -0.421. The Balaban J connectivity index is 1.94. The van der Waals surface area contributed by atoms with Crippen LogP contribution >= 0.6 is 11.3 Å². The van der Waals surface area contributed by atoms with Gasteiger partial charge in [-0.3, -0.25) is 0 Å². The Morgan fingerprint density at radius 2 is 2.52 bits per heavy atom. The van der Waals surface area contributed by atoms with Crippen molar-refractivity contribution in [1.82, 2.24) is 15.0 Å². The van der Waals surface area contributed by atoms with Crippen molar-refractivity contribution in [2.24, 2.45) is 5.92 Å². The first-order valence-corrected chi connectivity index (χ1v) is 7.89. The summed E-state index contributed by atoms with van der Waals surface area (Å²) < 4.78 is 12.3. The number of carbonyl (C=O) groups excluding carboxylic acids is 1. The third kappa shape index (κ3) is 2.98. The molecule has 21 heavy (non-hydrogen) atoms. The number of rotatable bonds is 5. The summed E-state index contributed by atoms with van der Waals surface area (Å²) in [6.07, 6.45) is 1.01. The first kappa shape index (κ1) is 14.2. The lowest BCUT2D eigenvalue weighted by Crippen LogP contribution is -2.13. The van der Waals surface area contributed by atoms with Crippen LogP contribution in [0.2, 0.25) is 0 Å². The third-order valence-corrected chi connectivity index (χ3v) is 4.29. The monoisotopic (exact) mass is 307 g/mol. The number of hydrogen-bond donors (Lipinski definition) is 0. The van der Waals surface area contributed by atoms with E-state index in [0.29, 0.717) is 24.8 Å². The van der Waals surface area contributed by atoms with Crippen LogP contribution in [-0.2, 0) is 16.0 Å². The van der Waals surface area contributed by atoms with E-state index in [4.69, 9.17) is 9.47 Å². The summed E-state index contributed by atoms with van der Waals surface area (Å²) in [5.74, 6) is -0.00437. The highest BCUT2D eigenvalue weighted by Crippen LogP contribution is 2.29. The number of hydrogen-bond acceptors (Lipinski definition) is 6. The van der Waals surface area contributed by atoms with Gasteiger partial charge in [0.05, 0.1) is 18.1 Å². The van der Waals surface area contributed by atoms with Crippen LogP contribution in [-0.4, -0.2) is 40.8 Å². The van der Waals surface area contributed by atoms with E-state index in [9.17, 15) is 4.79 Å². The number of esters is 1. The standard InChI is InChI=1S/C14H17N3O3S/c1-2-20-14(18)12-13(11-4-3-7-21-11)17(16-15-12)8-10-5-6-19-9-10/h3-4,7,10H,2,5-6,8-9H2,1H3. The van der Waals surface area contributed by atoms with Gasteiger partial charge in [0.2, 0.25) is 0 Å². The van der Waals surface area contributed by atoms with Crippen molar-refractivity contribution < 1.29 is 14.3 Å². The molecule has 0 aliphatic carbocycles. The maximum absolute atomic E-state index is 12.1. The quantitative estimate of drug-likeness (QED) is 0.792. The van der Waals surface area contributed by atoms with Crippen molar-refractivity contribution in [3.05, 3.63) is 23.2 Å². The van der Waals surface area contributed by atoms with Gasteiger partial charge in [0.1, 0.15) is 5.69 Å². The smallest absolute Gasteiger partial charge is 0.361 e. The van der Waals surface area contributed by atoms with Gasteiger partial charge in [-0.05, 0) is 24.8 Å². The molecule has 0 amide bonds. The topological polar surface area (TPSA) is 66.2 Å². The second-order valence-electron chi connectivity index (χ2n) is 4.90. The van der Waals surface area contributed by atoms with Crippen molar-refractivity contribution in [3.8, 4) is 10.6 Å². The molecule has 2 aromatic heterocycles. The lowest BCUT2D eigenvalue weighted by atomic mass is 10.1. The second kappa shape index (κ2) is 6.36. The average molecular weight is 307 g/mol. The Labute approximate surface area is 126 Å². The maximum atomic E-state index is 12.1. The van der Waals surface area contributed by atoms with Crippen molar-refractivity contribution >= 4 is 17.3 Å². The fourth-order valence-electron chi connectivity index (χ4n) is 2.41. The predicted octanol–water partition coefficient (Wildman–Crippen LogP) is 2.22. The first-order chi connectivity index (χ1) is 10.3. The Bertz CT molecular complexity index is 603. The molecule has 6 nitrogen and oxygen atoms in total. The van der Waals surface area contributed by atoms with Gasteiger partial charge in [0, 0.05) is 19.1 Å². The number of aromatic nitrogens is 3. The van der Waals surface area contributed by atoms with Gasteiger partial charge < -0.3 is 9.47 Å². The molecule has 3 rings (SSSR count). The molecule has 3 heterocycles. The molecular weight excluding hydrogens is 290 g/mol. The van der Waals surface area contributed by atoms with Crippen molar-refractivity contribution in [2.45, 2.75) is 19.9 Å². The molecule has 1 saturated heterocycles. The van der Waals surface area contributed by atoms with Crippen LogP contribution in [0.4, 0.5) is 0 Å². The van der Waals surface area contributed by atoms with Gasteiger partial charge >= 0.3 is 5.97 Å². The number of carbonyl (C=O) groups is 1. The van der Waals surface area contributed by atoms with E-state index in [1.54, 1.807) is 22.9 Å². The molecule has 2 aromatic rings. The van der Waals surface area contributed by atoms with Crippen molar-refractivity contribution in [2.75, 3.05) is 19.8 Å². The van der Waals surface area contributed by atoms with Crippen LogP contribution in [0, 0.1) is 5.92 Å². The van der Waals surface area contributed by atoms with E-state index in [1.807, 2.05) is 17.5 Å².